The van der Waals surface area contributed by atoms with E-state index >= 15 is 0 Å². The van der Waals surface area contributed by atoms with Gasteiger partial charge in [-0.05, 0) is 41.7 Å². The molecule has 0 fully saturated rings. The molecule has 0 aliphatic rings. The highest BCUT2D eigenvalue weighted by Crippen LogP contribution is 2.29. The molecule has 1 aromatic carbocycles. The molecule has 0 saturated heterocycles. The molecule has 0 radical (unpaired) electrons. The van der Waals surface area contributed by atoms with E-state index < -0.39 is 0 Å². The van der Waals surface area contributed by atoms with Crippen LogP contribution >= 0.6 is 11.6 Å². The molecule has 4 nitrogen and oxygen atoms in total. The van der Waals surface area contributed by atoms with E-state index in [1.165, 1.54) is 12.1 Å². The van der Waals surface area contributed by atoms with Crippen LogP contribution in [0.3, 0.4) is 0 Å². The number of carbonyl (C=O) groups is 1. The molecule has 0 aliphatic carbocycles. The first kappa shape index (κ1) is 19.4. The van der Waals surface area contributed by atoms with Gasteiger partial charge in [0, 0.05) is 19.2 Å². The third-order valence-electron chi connectivity index (χ3n) is 4.21. The summed E-state index contributed by atoms with van der Waals surface area (Å²) in [6.07, 6.45) is 2.22. The Morgan fingerprint density at radius 2 is 1.93 bits per heavy atom. The van der Waals surface area contributed by atoms with Gasteiger partial charge in [-0.2, -0.15) is 0 Å². The number of halogens is 2. The molecular formula is C21H23ClFN3O. The Morgan fingerprint density at radius 1 is 1.26 bits per heavy atom. The van der Waals surface area contributed by atoms with Crippen LogP contribution in [0.5, 0.6) is 0 Å². The number of nitrogens with zero attached hydrogens (tertiary/aromatic N) is 2. The van der Waals surface area contributed by atoms with Crippen LogP contribution < -0.4 is 5.32 Å². The summed E-state index contributed by atoms with van der Waals surface area (Å²) in [6.45, 7) is 8.51. The Balaban J connectivity index is 1.91. The number of pyridine rings is 1. The fraction of sp³-hybridized carbons (Fsp3) is 0.333. The number of benzene rings is 1. The SMILES string of the molecule is Cc1cc2c(nc1NC(=O)CC(C)(C)C)c(Cl)cn2Cc1ccc(F)cc1. The number of fused-ring (bicyclic) bond motifs is 1. The van der Waals surface area contributed by atoms with Gasteiger partial charge in [-0.3, -0.25) is 4.79 Å². The van der Waals surface area contributed by atoms with Gasteiger partial charge < -0.3 is 9.88 Å². The van der Waals surface area contributed by atoms with Crippen molar-refractivity contribution in [2.75, 3.05) is 5.32 Å². The van der Waals surface area contributed by atoms with E-state index in [1.54, 1.807) is 12.1 Å². The highest BCUT2D eigenvalue weighted by molar-refractivity contribution is 6.35. The molecule has 0 bridgehead atoms. The fourth-order valence-electron chi connectivity index (χ4n) is 2.96. The Morgan fingerprint density at radius 3 is 2.56 bits per heavy atom. The fourth-order valence-corrected chi connectivity index (χ4v) is 3.22. The second kappa shape index (κ2) is 7.31. The maximum absolute atomic E-state index is 13.1. The van der Waals surface area contributed by atoms with E-state index in [-0.39, 0.29) is 17.1 Å². The lowest BCUT2D eigenvalue weighted by Crippen LogP contribution is -2.20. The lowest BCUT2D eigenvalue weighted by molar-refractivity contribution is -0.117. The minimum absolute atomic E-state index is 0.0701. The summed E-state index contributed by atoms with van der Waals surface area (Å²) in [6, 6.07) is 8.33. The highest BCUT2D eigenvalue weighted by Gasteiger charge is 2.18. The zero-order valence-corrected chi connectivity index (χ0v) is 16.7. The summed E-state index contributed by atoms with van der Waals surface area (Å²) in [7, 11) is 0. The van der Waals surface area contributed by atoms with Gasteiger partial charge in [0.25, 0.3) is 0 Å². The van der Waals surface area contributed by atoms with Crippen LogP contribution in [0.15, 0.2) is 36.5 Å². The number of carbonyl (C=O) groups excluding carboxylic acids is 1. The monoisotopic (exact) mass is 387 g/mol. The highest BCUT2D eigenvalue weighted by atomic mass is 35.5. The number of aromatic nitrogens is 2. The lowest BCUT2D eigenvalue weighted by atomic mass is 9.92. The minimum atomic E-state index is -0.262. The van der Waals surface area contributed by atoms with Crippen LogP contribution in [0.2, 0.25) is 5.02 Å². The number of anilines is 1. The van der Waals surface area contributed by atoms with Crippen molar-refractivity contribution < 1.29 is 9.18 Å². The molecular weight excluding hydrogens is 365 g/mol. The molecule has 0 unspecified atom stereocenters. The van der Waals surface area contributed by atoms with Gasteiger partial charge in [0.05, 0.1) is 10.5 Å². The lowest BCUT2D eigenvalue weighted by Gasteiger charge is -2.17. The van der Waals surface area contributed by atoms with Gasteiger partial charge in [-0.25, -0.2) is 9.37 Å². The molecule has 3 aromatic rings. The molecule has 0 aliphatic heterocycles. The third kappa shape index (κ3) is 4.66. The first-order valence-electron chi connectivity index (χ1n) is 8.83. The Hall–Kier alpha value is -2.40. The maximum atomic E-state index is 13.1. The van der Waals surface area contributed by atoms with Crippen LogP contribution in [-0.4, -0.2) is 15.5 Å². The molecule has 6 heteroatoms. The summed E-state index contributed by atoms with van der Waals surface area (Å²) in [4.78, 5) is 16.8. The van der Waals surface area contributed by atoms with Crippen LogP contribution in [0.1, 0.15) is 38.3 Å². The van der Waals surface area contributed by atoms with Gasteiger partial charge in [-0.15, -0.1) is 0 Å². The predicted molar refractivity (Wildman–Crippen MR) is 108 cm³/mol. The normalized spacial score (nSPS) is 11.8. The van der Waals surface area contributed by atoms with E-state index in [0.717, 1.165) is 16.6 Å². The smallest absolute Gasteiger partial charge is 0.226 e. The van der Waals surface area contributed by atoms with Crippen LogP contribution in [-0.2, 0) is 11.3 Å². The average molecular weight is 388 g/mol. The van der Waals surface area contributed by atoms with Crippen LogP contribution in [0.25, 0.3) is 11.0 Å². The van der Waals surface area contributed by atoms with E-state index in [0.29, 0.717) is 29.3 Å². The van der Waals surface area contributed by atoms with Gasteiger partial charge in [0.1, 0.15) is 17.2 Å². The quantitative estimate of drug-likeness (QED) is 0.637. The van der Waals surface area contributed by atoms with Gasteiger partial charge in [0.2, 0.25) is 5.91 Å². The molecule has 0 spiro atoms. The van der Waals surface area contributed by atoms with Crippen molar-refractivity contribution in [3.63, 3.8) is 0 Å². The standard InChI is InChI=1S/C21H23ClFN3O/c1-13-9-17-19(25-20(13)24-18(27)10-21(2,3)4)16(22)12-26(17)11-14-5-7-15(23)8-6-14/h5-9,12H,10-11H2,1-4H3,(H,24,25,27). The molecule has 27 heavy (non-hydrogen) atoms. The molecule has 1 N–H and O–H groups in total. The number of rotatable bonds is 4. The third-order valence-corrected chi connectivity index (χ3v) is 4.49. The predicted octanol–water partition coefficient (Wildman–Crippen LogP) is 5.56. The molecule has 3 rings (SSSR count). The maximum Gasteiger partial charge on any atom is 0.226 e. The summed E-state index contributed by atoms with van der Waals surface area (Å²) < 4.78 is 15.1. The van der Waals surface area contributed by atoms with Gasteiger partial charge in [-0.1, -0.05) is 44.5 Å². The second-order valence-corrected chi connectivity index (χ2v) is 8.45. The zero-order chi connectivity index (χ0) is 19.8. The van der Waals surface area contributed by atoms with Crippen LogP contribution in [0, 0.1) is 18.2 Å². The summed E-state index contributed by atoms with van der Waals surface area (Å²) in [5.74, 6) is 0.194. The van der Waals surface area contributed by atoms with Gasteiger partial charge in [0.15, 0.2) is 0 Å². The minimum Gasteiger partial charge on any atom is -0.340 e. The van der Waals surface area contributed by atoms with Crippen molar-refractivity contribution in [3.05, 3.63) is 58.5 Å². The van der Waals surface area contributed by atoms with Crippen molar-refractivity contribution in [3.8, 4) is 0 Å². The Kier molecular flexibility index (Phi) is 5.24. The number of aryl methyl sites for hydroxylation is 1. The molecule has 142 valence electrons. The van der Waals surface area contributed by atoms with Crippen molar-refractivity contribution in [1.82, 2.24) is 9.55 Å². The van der Waals surface area contributed by atoms with Crippen LogP contribution in [0.4, 0.5) is 10.2 Å². The molecule has 1 amide bonds. The van der Waals surface area contributed by atoms with E-state index in [2.05, 4.69) is 10.3 Å². The Labute approximate surface area is 163 Å². The van der Waals surface area contributed by atoms with E-state index in [9.17, 15) is 9.18 Å². The molecule has 2 aromatic heterocycles. The number of nitrogens with one attached hydrogen (secondary N) is 1. The van der Waals surface area contributed by atoms with Crippen molar-refractivity contribution in [2.45, 2.75) is 40.7 Å². The number of amides is 1. The number of hydrogen-bond acceptors (Lipinski definition) is 2. The second-order valence-electron chi connectivity index (χ2n) is 8.04. The largest absolute Gasteiger partial charge is 0.340 e. The summed E-state index contributed by atoms with van der Waals surface area (Å²) in [5, 5.41) is 3.40. The molecule has 0 atom stereocenters. The zero-order valence-electron chi connectivity index (χ0n) is 15.9. The van der Waals surface area contributed by atoms with Crippen molar-refractivity contribution in [1.29, 1.82) is 0 Å². The molecule has 0 saturated carbocycles. The first-order valence-corrected chi connectivity index (χ1v) is 9.20. The summed E-state index contributed by atoms with van der Waals surface area (Å²) >= 11 is 6.38. The van der Waals surface area contributed by atoms with E-state index in [4.69, 9.17) is 11.6 Å². The first-order chi connectivity index (χ1) is 12.6. The summed E-state index contributed by atoms with van der Waals surface area (Å²) in [5.41, 5.74) is 3.23. The van der Waals surface area contributed by atoms with Crippen molar-refractivity contribution in [2.24, 2.45) is 5.41 Å². The van der Waals surface area contributed by atoms with Crippen molar-refractivity contribution >= 4 is 34.4 Å². The Bertz CT molecular complexity index is 987. The number of hydrogen-bond donors (Lipinski definition) is 1. The molecule has 2 heterocycles. The topological polar surface area (TPSA) is 46.9 Å². The average Bonchev–Trinajstić information content (AvgIpc) is 2.84. The van der Waals surface area contributed by atoms with Gasteiger partial charge >= 0.3 is 0 Å². The van der Waals surface area contributed by atoms with E-state index in [1.807, 2.05) is 44.5 Å².